The molecule has 4 heteroatoms. The minimum atomic E-state index is 0. The van der Waals surface area contributed by atoms with Crippen molar-refractivity contribution in [3.05, 3.63) is 53.5 Å². The quantitative estimate of drug-likeness (QED) is 0.382. The molecule has 0 saturated heterocycles. The SMILES string of the molecule is C=Cc1sc2ccc(C)c(-c3ccccc3N)c2[n+]1C.[I-]. The van der Waals surface area contributed by atoms with Gasteiger partial charge in [-0.2, -0.15) is 4.57 Å². The highest BCUT2D eigenvalue weighted by atomic mass is 127. The molecule has 0 amide bonds. The van der Waals surface area contributed by atoms with Crippen LogP contribution in [0.15, 0.2) is 43.0 Å². The summed E-state index contributed by atoms with van der Waals surface area (Å²) in [6.07, 6.45) is 1.90. The van der Waals surface area contributed by atoms with Gasteiger partial charge in [-0.3, -0.25) is 0 Å². The van der Waals surface area contributed by atoms with Crippen LogP contribution in [0.4, 0.5) is 5.69 Å². The molecule has 108 valence electrons. The zero-order chi connectivity index (χ0) is 14.3. The number of anilines is 1. The number of halogens is 1. The van der Waals surface area contributed by atoms with Crippen LogP contribution in [0.3, 0.4) is 0 Å². The van der Waals surface area contributed by atoms with E-state index in [2.05, 4.69) is 43.3 Å². The minimum absolute atomic E-state index is 0. The number of nitrogen functional groups attached to an aromatic ring is 1. The van der Waals surface area contributed by atoms with Gasteiger partial charge in [0.15, 0.2) is 0 Å². The molecule has 2 nitrogen and oxygen atoms in total. The number of rotatable bonds is 2. The van der Waals surface area contributed by atoms with E-state index in [1.54, 1.807) is 11.3 Å². The normalized spacial score (nSPS) is 10.4. The smallest absolute Gasteiger partial charge is 0.261 e. The average Bonchev–Trinajstić information content (AvgIpc) is 2.77. The molecule has 0 radical (unpaired) electrons. The zero-order valence-electron chi connectivity index (χ0n) is 12.1. The third kappa shape index (κ3) is 2.58. The van der Waals surface area contributed by atoms with Gasteiger partial charge in [0.1, 0.15) is 11.7 Å². The minimum Gasteiger partial charge on any atom is -1.00 e. The monoisotopic (exact) mass is 408 g/mol. The van der Waals surface area contributed by atoms with E-state index in [4.69, 9.17) is 5.73 Å². The third-order valence-corrected chi connectivity index (χ3v) is 4.83. The number of nitrogens with two attached hydrogens (primary N) is 1. The van der Waals surface area contributed by atoms with E-state index in [9.17, 15) is 0 Å². The van der Waals surface area contributed by atoms with E-state index in [1.165, 1.54) is 21.3 Å². The van der Waals surface area contributed by atoms with Crippen LogP contribution in [-0.4, -0.2) is 0 Å². The Kier molecular flexibility index (Phi) is 4.68. The van der Waals surface area contributed by atoms with E-state index in [1.807, 2.05) is 24.3 Å². The van der Waals surface area contributed by atoms with Crippen molar-refractivity contribution in [1.82, 2.24) is 0 Å². The fourth-order valence-corrected chi connectivity index (χ4v) is 3.63. The number of fused-ring (bicyclic) bond motifs is 1. The molecule has 0 unspecified atom stereocenters. The van der Waals surface area contributed by atoms with Crippen molar-refractivity contribution in [1.29, 1.82) is 0 Å². The van der Waals surface area contributed by atoms with E-state index in [0.717, 1.165) is 16.3 Å². The highest BCUT2D eigenvalue weighted by Gasteiger charge is 2.21. The molecule has 3 rings (SSSR count). The molecule has 0 spiro atoms. The van der Waals surface area contributed by atoms with Crippen molar-refractivity contribution in [3.8, 4) is 11.1 Å². The number of nitrogens with zero attached hydrogens (tertiary/aromatic N) is 1. The van der Waals surface area contributed by atoms with Crippen molar-refractivity contribution in [2.75, 3.05) is 5.73 Å². The summed E-state index contributed by atoms with van der Waals surface area (Å²) >= 11 is 1.75. The second kappa shape index (κ2) is 6.15. The summed E-state index contributed by atoms with van der Waals surface area (Å²) in [6, 6.07) is 12.4. The Morgan fingerprint density at radius 1 is 1.19 bits per heavy atom. The van der Waals surface area contributed by atoms with Crippen molar-refractivity contribution >= 4 is 33.3 Å². The van der Waals surface area contributed by atoms with Gasteiger partial charge in [0.2, 0.25) is 5.52 Å². The lowest BCUT2D eigenvalue weighted by Crippen LogP contribution is -3.00. The van der Waals surface area contributed by atoms with E-state index in [0.29, 0.717) is 0 Å². The third-order valence-electron chi connectivity index (χ3n) is 3.63. The number of benzene rings is 2. The Morgan fingerprint density at radius 3 is 2.57 bits per heavy atom. The van der Waals surface area contributed by atoms with Crippen molar-refractivity contribution in [2.45, 2.75) is 6.92 Å². The summed E-state index contributed by atoms with van der Waals surface area (Å²) in [5.41, 5.74) is 11.8. The highest BCUT2D eigenvalue weighted by Crippen LogP contribution is 2.36. The number of aryl methyl sites for hydroxylation is 2. The van der Waals surface area contributed by atoms with Gasteiger partial charge in [0.25, 0.3) is 5.01 Å². The molecule has 0 aliphatic carbocycles. The summed E-state index contributed by atoms with van der Waals surface area (Å²) in [7, 11) is 2.08. The van der Waals surface area contributed by atoms with Gasteiger partial charge >= 0.3 is 0 Å². The maximum absolute atomic E-state index is 6.18. The molecule has 2 N–H and O–H groups in total. The average molecular weight is 408 g/mol. The van der Waals surface area contributed by atoms with Crippen LogP contribution in [0.1, 0.15) is 10.6 Å². The second-order valence-corrected chi connectivity index (χ2v) is 5.96. The van der Waals surface area contributed by atoms with E-state index < -0.39 is 0 Å². The molecule has 0 bridgehead atoms. The second-order valence-electron chi connectivity index (χ2n) is 4.89. The number of aromatic nitrogens is 1. The molecular formula is C17H17IN2S. The Labute approximate surface area is 145 Å². The molecule has 0 saturated carbocycles. The van der Waals surface area contributed by atoms with Gasteiger partial charge in [0, 0.05) is 17.3 Å². The standard InChI is InChI=1S/C17H17N2S.HI/c1-4-15-19(3)17-14(20-15)10-9-11(2)16(17)12-7-5-6-8-13(12)18;/h4-10H,1,18H2,2-3H3;1H/q+1;/p-1. The van der Waals surface area contributed by atoms with Crippen molar-refractivity contribution < 1.29 is 28.5 Å². The first-order valence-electron chi connectivity index (χ1n) is 6.53. The lowest BCUT2D eigenvalue weighted by Gasteiger charge is -2.08. The molecule has 0 atom stereocenters. The van der Waals surface area contributed by atoms with Crippen LogP contribution < -0.4 is 34.3 Å². The first-order chi connectivity index (χ1) is 9.63. The summed E-state index contributed by atoms with van der Waals surface area (Å²) < 4.78 is 3.45. The summed E-state index contributed by atoms with van der Waals surface area (Å²) in [5.74, 6) is 0. The van der Waals surface area contributed by atoms with Crippen LogP contribution in [0.2, 0.25) is 0 Å². The largest absolute Gasteiger partial charge is 1.00 e. The number of thiazole rings is 1. The van der Waals surface area contributed by atoms with Gasteiger partial charge in [-0.25, -0.2) is 0 Å². The van der Waals surface area contributed by atoms with Crippen LogP contribution in [0, 0.1) is 6.92 Å². The van der Waals surface area contributed by atoms with Crippen molar-refractivity contribution in [2.24, 2.45) is 7.05 Å². The molecule has 21 heavy (non-hydrogen) atoms. The van der Waals surface area contributed by atoms with Gasteiger partial charge in [-0.05, 0) is 24.6 Å². The topological polar surface area (TPSA) is 29.9 Å². The van der Waals surface area contributed by atoms with Gasteiger partial charge in [-0.1, -0.05) is 42.2 Å². The first kappa shape index (κ1) is 16.0. The van der Waals surface area contributed by atoms with Crippen molar-refractivity contribution in [3.63, 3.8) is 0 Å². The van der Waals surface area contributed by atoms with Crippen LogP contribution in [-0.2, 0) is 7.05 Å². The lowest BCUT2D eigenvalue weighted by molar-refractivity contribution is -0.641. The van der Waals surface area contributed by atoms with Gasteiger partial charge in [0.05, 0.1) is 5.56 Å². The van der Waals surface area contributed by atoms with Crippen LogP contribution >= 0.6 is 11.3 Å². The predicted molar refractivity (Wildman–Crippen MR) is 87.7 cm³/mol. The van der Waals surface area contributed by atoms with E-state index in [-0.39, 0.29) is 24.0 Å². The summed E-state index contributed by atoms with van der Waals surface area (Å²) in [6.45, 7) is 6.03. The van der Waals surface area contributed by atoms with Gasteiger partial charge in [-0.15, -0.1) is 0 Å². The Balaban J connectivity index is 0.00000161. The Hall–Kier alpha value is -1.40. The summed E-state index contributed by atoms with van der Waals surface area (Å²) in [5, 5.41) is 1.15. The number of hydrogen-bond donors (Lipinski definition) is 1. The number of para-hydroxylation sites is 1. The molecule has 3 aromatic rings. The molecular weight excluding hydrogens is 391 g/mol. The molecule has 0 aliphatic rings. The zero-order valence-corrected chi connectivity index (χ0v) is 15.0. The van der Waals surface area contributed by atoms with Gasteiger partial charge < -0.3 is 29.7 Å². The maximum atomic E-state index is 6.18. The molecule has 1 heterocycles. The molecule has 1 aromatic heterocycles. The highest BCUT2D eigenvalue weighted by molar-refractivity contribution is 7.18. The van der Waals surface area contributed by atoms with Crippen LogP contribution in [0.5, 0.6) is 0 Å². The molecule has 0 aliphatic heterocycles. The molecule has 0 fully saturated rings. The Morgan fingerprint density at radius 2 is 1.90 bits per heavy atom. The number of hydrogen-bond acceptors (Lipinski definition) is 2. The maximum Gasteiger partial charge on any atom is 0.261 e. The van der Waals surface area contributed by atoms with E-state index >= 15 is 0 Å². The Bertz CT molecular complexity index is 821. The summed E-state index contributed by atoms with van der Waals surface area (Å²) in [4.78, 5) is 0. The lowest BCUT2D eigenvalue weighted by atomic mass is 9.98. The van der Waals surface area contributed by atoms with Crippen LogP contribution in [0.25, 0.3) is 27.4 Å². The predicted octanol–water partition coefficient (Wildman–Crippen LogP) is 0.930. The molecule has 2 aromatic carbocycles. The fraction of sp³-hybridized carbons (Fsp3) is 0.118. The fourth-order valence-electron chi connectivity index (χ4n) is 2.62. The first-order valence-corrected chi connectivity index (χ1v) is 7.34.